The largest absolute Gasteiger partial charge is 0.464 e. The van der Waals surface area contributed by atoms with Crippen LogP contribution in [0.3, 0.4) is 0 Å². The summed E-state index contributed by atoms with van der Waals surface area (Å²) in [5.74, 6) is 2.32. The van der Waals surface area contributed by atoms with E-state index in [0.29, 0.717) is 5.95 Å². The molecule has 0 radical (unpaired) electrons. The van der Waals surface area contributed by atoms with Crippen LogP contribution in [-0.2, 0) is 0 Å². The molecule has 98 valence electrons. The van der Waals surface area contributed by atoms with Crippen LogP contribution in [0.1, 0.15) is 30.0 Å². The highest BCUT2D eigenvalue weighted by molar-refractivity contribution is 5.81. The minimum Gasteiger partial charge on any atom is -0.464 e. The smallest absolute Gasteiger partial charge is 0.201 e. The molecule has 1 aromatic carbocycles. The highest BCUT2D eigenvalue weighted by Crippen LogP contribution is 2.29. The molecule has 3 aromatic rings. The molecular formula is C15H17N3O. The molecule has 3 rings (SSSR count). The number of nitrogens with two attached hydrogens (primary N) is 1. The van der Waals surface area contributed by atoms with Gasteiger partial charge in [-0.1, -0.05) is 12.1 Å². The third kappa shape index (κ3) is 1.80. The van der Waals surface area contributed by atoms with E-state index in [-0.39, 0.29) is 6.04 Å². The van der Waals surface area contributed by atoms with Gasteiger partial charge in [0, 0.05) is 0 Å². The average Bonchev–Trinajstić information content (AvgIpc) is 2.93. The van der Waals surface area contributed by atoms with Crippen LogP contribution in [0.4, 0.5) is 5.95 Å². The quantitative estimate of drug-likeness (QED) is 0.763. The number of para-hydroxylation sites is 1. The molecule has 0 spiro atoms. The Morgan fingerprint density at radius 1 is 1.21 bits per heavy atom. The van der Waals surface area contributed by atoms with E-state index in [9.17, 15) is 0 Å². The molecule has 19 heavy (non-hydrogen) atoms. The minimum atomic E-state index is 0.0282. The number of nitrogens with zero attached hydrogens (tertiary/aromatic N) is 2. The van der Waals surface area contributed by atoms with E-state index in [1.807, 2.05) is 48.7 Å². The molecule has 0 bridgehead atoms. The second kappa shape index (κ2) is 4.16. The summed E-state index contributed by atoms with van der Waals surface area (Å²) in [6.45, 7) is 6.05. The molecule has 4 nitrogen and oxygen atoms in total. The lowest BCUT2D eigenvalue weighted by atomic mass is 10.2. The number of aryl methyl sites for hydroxylation is 2. The predicted octanol–water partition coefficient (Wildman–Crippen LogP) is 3.44. The van der Waals surface area contributed by atoms with Crippen molar-refractivity contribution in [2.75, 3.05) is 5.73 Å². The summed E-state index contributed by atoms with van der Waals surface area (Å²) in [7, 11) is 0. The topological polar surface area (TPSA) is 57.0 Å². The number of anilines is 1. The van der Waals surface area contributed by atoms with Crippen molar-refractivity contribution < 1.29 is 4.42 Å². The first-order chi connectivity index (χ1) is 9.08. The summed E-state index contributed by atoms with van der Waals surface area (Å²) in [6, 6.07) is 10.1. The summed E-state index contributed by atoms with van der Waals surface area (Å²) in [5.41, 5.74) is 9.20. The molecule has 2 heterocycles. The van der Waals surface area contributed by atoms with Crippen molar-refractivity contribution in [3.63, 3.8) is 0 Å². The molecule has 0 saturated heterocycles. The third-order valence-electron chi connectivity index (χ3n) is 3.51. The van der Waals surface area contributed by atoms with Crippen LogP contribution in [0.15, 0.2) is 34.7 Å². The zero-order chi connectivity index (χ0) is 13.6. The molecule has 2 N–H and O–H groups in total. The first-order valence-corrected chi connectivity index (χ1v) is 6.37. The molecule has 0 amide bonds. The van der Waals surface area contributed by atoms with Crippen LogP contribution in [-0.4, -0.2) is 9.55 Å². The van der Waals surface area contributed by atoms with Gasteiger partial charge in [0.05, 0.1) is 17.1 Å². The standard InChI is InChI=1S/C15H17N3O/c1-9-5-4-6-12-14(9)17-15(16)18(12)11(3)13-8-7-10(2)19-13/h4-8,11H,1-3H3,(H2,16,17). The SMILES string of the molecule is Cc1ccc(C(C)n2c(N)nc3c(C)cccc32)o1. The Morgan fingerprint density at radius 3 is 2.68 bits per heavy atom. The highest BCUT2D eigenvalue weighted by atomic mass is 16.3. The number of furan rings is 1. The van der Waals surface area contributed by atoms with Crippen LogP contribution in [0.2, 0.25) is 0 Å². The molecule has 0 saturated carbocycles. The van der Waals surface area contributed by atoms with Gasteiger partial charge >= 0.3 is 0 Å². The number of fused-ring (bicyclic) bond motifs is 1. The number of rotatable bonds is 2. The summed E-state index contributed by atoms with van der Waals surface area (Å²) in [6.07, 6.45) is 0. The van der Waals surface area contributed by atoms with E-state index in [1.165, 1.54) is 0 Å². The number of hydrogen-bond acceptors (Lipinski definition) is 3. The molecule has 4 heteroatoms. The van der Waals surface area contributed by atoms with Crippen molar-refractivity contribution in [3.8, 4) is 0 Å². The van der Waals surface area contributed by atoms with Crippen molar-refractivity contribution in [1.29, 1.82) is 0 Å². The predicted molar refractivity (Wildman–Crippen MR) is 76.1 cm³/mol. The zero-order valence-corrected chi connectivity index (χ0v) is 11.3. The van der Waals surface area contributed by atoms with Crippen LogP contribution >= 0.6 is 0 Å². The average molecular weight is 255 g/mol. The number of imidazole rings is 1. The van der Waals surface area contributed by atoms with E-state index < -0.39 is 0 Å². The molecule has 0 aliphatic rings. The normalized spacial score (nSPS) is 13.0. The van der Waals surface area contributed by atoms with E-state index in [0.717, 1.165) is 28.1 Å². The Hall–Kier alpha value is -2.23. The monoisotopic (exact) mass is 255 g/mol. The van der Waals surface area contributed by atoms with Crippen molar-refractivity contribution >= 4 is 17.0 Å². The van der Waals surface area contributed by atoms with Crippen molar-refractivity contribution in [2.45, 2.75) is 26.8 Å². The Bertz CT molecular complexity index is 739. The zero-order valence-electron chi connectivity index (χ0n) is 11.3. The van der Waals surface area contributed by atoms with Gasteiger partial charge in [-0.05, 0) is 44.5 Å². The van der Waals surface area contributed by atoms with Crippen molar-refractivity contribution in [3.05, 3.63) is 47.4 Å². The van der Waals surface area contributed by atoms with Crippen LogP contribution in [0.25, 0.3) is 11.0 Å². The molecule has 1 unspecified atom stereocenters. The van der Waals surface area contributed by atoms with E-state index >= 15 is 0 Å². The fraction of sp³-hybridized carbons (Fsp3) is 0.267. The molecule has 0 fully saturated rings. The Morgan fingerprint density at radius 2 is 2.00 bits per heavy atom. The van der Waals surface area contributed by atoms with E-state index in [2.05, 4.69) is 11.9 Å². The lowest BCUT2D eigenvalue weighted by Gasteiger charge is -2.13. The van der Waals surface area contributed by atoms with Crippen molar-refractivity contribution in [2.24, 2.45) is 0 Å². The van der Waals surface area contributed by atoms with Gasteiger partial charge in [0.2, 0.25) is 5.95 Å². The summed E-state index contributed by atoms with van der Waals surface area (Å²) >= 11 is 0. The summed E-state index contributed by atoms with van der Waals surface area (Å²) in [5, 5.41) is 0. The highest BCUT2D eigenvalue weighted by Gasteiger charge is 2.18. The lowest BCUT2D eigenvalue weighted by Crippen LogP contribution is -2.09. The van der Waals surface area contributed by atoms with Crippen molar-refractivity contribution in [1.82, 2.24) is 9.55 Å². The Balaban J connectivity index is 2.19. The fourth-order valence-electron chi connectivity index (χ4n) is 2.49. The third-order valence-corrected chi connectivity index (χ3v) is 3.51. The van der Waals surface area contributed by atoms with Gasteiger partial charge < -0.3 is 10.2 Å². The number of aromatic nitrogens is 2. The maximum absolute atomic E-state index is 6.08. The van der Waals surface area contributed by atoms with Crippen LogP contribution in [0, 0.1) is 13.8 Å². The maximum Gasteiger partial charge on any atom is 0.201 e. The van der Waals surface area contributed by atoms with E-state index in [1.54, 1.807) is 0 Å². The fourth-order valence-corrected chi connectivity index (χ4v) is 2.49. The van der Waals surface area contributed by atoms with Crippen LogP contribution < -0.4 is 5.73 Å². The molecule has 0 aliphatic carbocycles. The van der Waals surface area contributed by atoms with Gasteiger partial charge in [0.15, 0.2) is 0 Å². The van der Waals surface area contributed by atoms with Gasteiger partial charge in [-0.25, -0.2) is 4.98 Å². The first kappa shape index (κ1) is 11.8. The number of hydrogen-bond donors (Lipinski definition) is 1. The maximum atomic E-state index is 6.08. The lowest BCUT2D eigenvalue weighted by molar-refractivity contribution is 0.435. The minimum absolute atomic E-state index is 0.0282. The van der Waals surface area contributed by atoms with Gasteiger partial charge in [-0.3, -0.25) is 4.57 Å². The second-order valence-corrected chi connectivity index (χ2v) is 4.91. The van der Waals surface area contributed by atoms with Gasteiger partial charge in [0.25, 0.3) is 0 Å². The second-order valence-electron chi connectivity index (χ2n) is 4.91. The van der Waals surface area contributed by atoms with Gasteiger partial charge in [-0.2, -0.15) is 0 Å². The van der Waals surface area contributed by atoms with Gasteiger partial charge in [-0.15, -0.1) is 0 Å². The van der Waals surface area contributed by atoms with E-state index in [4.69, 9.17) is 10.2 Å². The summed E-state index contributed by atoms with van der Waals surface area (Å²) in [4.78, 5) is 4.47. The Kier molecular flexibility index (Phi) is 2.59. The molecule has 0 aliphatic heterocycles. The molecule has 2 aromatic heterocycles. The first-order valence-electron chi connectivity index (χ1n) is 6.37. The summed E-state index contributed by atoms with van der Waals surface area (Å²) < 4.78 is 7.71. The molecule has 1 atom stereocenters. The number of nitrogen functional groups attached to an aromatic ring is 1. The molecular weight excluding hydrogens is 238 g/mol. The number of benzene rings is 1. The van der Waals surface area contributed by atoms with Crippen LogP contribution in [0.5, 0.6) is 0 Å². The Labute approximate surface area is 111 Å². The van der Waals surface area contributed by atoms with Gasteiger partial charge in [0.1, 0.15) is 11.5 Å².